The number of para-hydroxylation sites is 1. The molecule has 1 heterocycles. The maximum atomic E-state index is 5.28. The number of aromatic amines is 1. The minimum atomic E-state index is 0.532. The van der Waals surface area contributed by atoms with Gasteiger partial charge in [0.1, 0.15) is 0 Å². The molecule has 5 heteroatoms. The molecule has 0 unspecified atom stereocenters. The van der Waals surface area contributed by atoms with Crippen LogP contribution in [0, 0.1) is 11.7 Å². The molecule has 0 fully saturated rings. The quantitative estimate of drug-likeness (QED) is 0.718. The molecule has 2 N–H and O–H groups in total. The van der Waals surface area contributed by atoms with Gasteiger partial charge in [-0.05, 0) is 31.3 Å². The molecule has 0 spiro atoms. The van der Waals surface area contributed by atoms with E-state index in [1.807, 2.05) is 42.5 Å². The van der Waals surface area contributed by atoms with Gasteiger partial charge >= 0.3 is 0 Å². The maximum absolute atomic E-state index is 5.28. The first kappa shape index (κ1) is 12.6. The second kappa shape index (κ2) is 5.30. The molecule has 0 aliphatic carbocycles. The van der Waals surface area contributed by atoms with Crippen molar-refractivity contribution in [2.24, 2.45) is 0 Å². The largest absolute Gasteiger partial charge is 0.290 e. The van der Waals surface area contributed by atoms with Crippen LogP contribution in [-0.4, -0.2) is 14.9 Å². The Balaban J connectivity index is 2.01. The number of anilines is 1. The summed E-state index contributed by atoms with van der Waals surface area (Å²) in [6.45, 7) is 2.06. The number of rotatable bonds is 3. The van der Waals surface area contributed by atoms with E-state index in [1.54, 1.807) is 4.68 Å². The van der Waals surface area contributed by atoms with Crippen molar-refractivity contribution in [2.75, 3.05) is 5.43 Å². The van der Waals surface area contributed by atoms with Crippen LogP contribution in [0.4, 0.5) is 5.69 Å². The third-order valence-corrected chi connectivity index (χ3v) is 3.27. The molecule has 100 valence electrons. The summed E-state index contributed by atoms with van der Waals surface area (Å²) in [6.07, 6.45) is 0. The summed E-state index contributed by atoms with van der Waals surface area (Å²) in [5.74, 6) is 0.763. The van der Waals surface area contributed by atoms with Crippen LogP contribution in [0.15, 0.2) is 54.6 Å². The Morgan fingerprint density at radius 2 is 1.75 bits per heavy atom. The molecule has 0 amide bonds. The lowest BCUT2D eigenvalue weighted by atomic mass is 10.1. The highest BCUT2D eigenvalue weighted by atomic mass is 32.1. The zero-order valence-corrected chi connectivity index (χ0v) is 11.8. The van der Waals surface area contributed by atoms with Crippen molar-refractivity contribution in [3.8, 4) is 11.4 Å². The highest BCUT2D eigenvalue weighted by molar-refractivity contribution is 7.71. The van der Waals surface area contributed by atoms with E-state index in [-0.39, 0.29) is 0 Å². The van der Waals surface area contributed by atoms with Gasteiger partial charge in [-0.3, -0.25) is 5.43 Å². The number of hydrogen-bond acceptors (Lipinski definition) is 3. The van der Waals surface area contributed by atoms with Gasteiger partial charge in [0.2, 0.25) is 4.77 Å². The van der Waals surface area contributed by atoms with Gasteiger partial charge in [0, 0.05) is 5.56 Å². The fraction of sp³-hybridized carbons (Fsp3) is 0.0667. The number of benzene rings is 2. The normalized spacial score (nSPS) is 10.4. The van der Waals surface area contributed by atoms with Crippen LogP contribution in [0.2, 0.25) is 0 Å². The first-order valence-corrected chi connectivity index (χ1v) is 6.71. The van der Waals surface area contributed by atoms with Gasteiger partial charge in [0.05, 0.1) is 5.69 Å². The predicted molar refractivity (Wildman–Crippen MR) is 83.0 cm³/mol. The van der Waals surface area contributed by atoms with Gasteiger partial charge in [-0.15, -0.1) is 0 Å². The Morgan fingerprint density at radius 3 is 2.45 bits per heavy atom. The van der Waals surface area contributed by atoms with Crippen molar-refractivity contribution >= 4 is 17.9 Å². The van der Waals surface area contributed by atoms with E-state index in [4.69, 9.17) is 12.2 Å². The monoisotopic (exact) mass is 282 g/mol. The van der Waals surface area contributed by atoms with Gasteiger partial charge in [0.15, 0.2) is 5.82 Å². The number of H-pyrrole nitrogens is 1. The highest BCUT2D eigenvalue weighted by Gasteiger charge is 2.08. The Labute approximate surface area is 122 Å². The Morgan fingerprint density at radius 1 is 1.05 bits per heavy atom. The van der Waals surface area contributed by atoms with E-state index in [0.717, 1.165) is 17.1 Å². The van der Waals surface area contributed by atoms with Crippen molar-refractivity contribution < 1.29 is 0 Å². The third kappa shape index (κ3) is 2.48. The molecule has 3 rings (SSSR count). The Bertz CT molecular complexity index is 757. The number of hydrogen-bond donors (Lipinski definition) is 2. The number of aryl methyl sites for hydroxylation is 1. The fourth-order valence-electron chi connectivity index (χ4n) is 1.94. The topological polar surface area (TPSA) is 45.6 Å². The Kier molecular flexibility index (Phi) is 3.35. The molecule has 0 atom stereocenters. The van der Waals surface area contributed by atoms with Crippen LogP contribution < -0.4 is 5.43 Å². The first-order valence-electron chi connectivity index (χ1n) is 6.30. The van der Waals surface area contributed by atoms with Crippen LogP contribution in [0.5, 0.6) is 0 Å². The van der Waals surface area contributed by atoms with Gasteiger partial charge in [-0.2, -0.15) is 5.10 Å². The summed E-state index contributed by atoms with van der Waals surface area (Å²) >= 11 is 5.28. The smallest absolute Gasteiger partial charge is 0.214 e. The van der Waals surface area contributed by atoms with E-state index < -0.39 is 0 Å². The minimum Gasteiger partial charge on any atom is -0.290 e. The fourth-order valence-corrected chi connectivity index (χ4v) is 2.12. The molecular formula is C15H14N4S. The molecule has 0 saturated heterocycles. The summed E-state index contributed by atoms with van der Waals surface area (Å²) in [5.41, 5.74) is 6.43. The molecule has 20 heavy (non-hydrogen) atoms. The second-order valence-electron chi connectivity index (χ2n) is 4.53. The molecule has 0 aliphatic rings. The van der Waals surface area contributed by atoms with E-state index in [2.05, 4.69) is 34.7 Å². The average molecular weight is 282 g/mol. The predicted octanol–water partition coefficient (Wildman–Crippen LogP) is 3.79. The SMILES string of the molecule is Cc1ccc(-c2n[nH]c(=S)n2Nc2ccccc2)cc1. The van der Waals surface area contributed by atoms with Crippen molar-refractivity contribution in [2.45, 2.75) is 6.92 Å². The number of aromatic nitrogens is 3. The van der Waals surface area contributed by atoms with Gasteiger partial charge < -0.3 is 0 Å². The summed E-state index contributed by atoms with van der Waals surface area (Å²) < 4.78 is 2.31. The number of nitrogens with zero attached hydrogens (tertiary/aromatic N) is 2. The van der Waals surface area contributed by atoms with Crippen LogP contribution in [0.25, 0.3) is 11.4 Å². The molecule has 4 nitrogen and oxygen atoms in total. The van der Waals surface area contributed by atoms with Crippen molar-refractivity contribution in [1.82, 2.24) is 14.9 Å². The van der Waals surface area contributed by atoms with Crippen LogP contribution in [0.1, 0.15) is 5.56 Å². The average Bonchev–Trinajstić information content (AvgIpc) is 2.83. The maximum Gasteiger partial charge on any atom is 0.214 e. The zero-order chi connectivity index (χ0) is 13.9. The molecule has 0 aliphatic heterocycles. The lowest BCUT2D eigenvalue weighted by Gasteiger charge is -2.09. The molecule has 2 aromatic carbocycles. The Hall–Kier alpha value is -2.40. The standard InChI is InChI=1S/C15H14N4S/c1-11-7-9-12(10-8-11)14-16-17-15(20)19(14)18-13-5-3-2-4-6-13/h2-10,18H,1H3,(H,17,20). The molecule has 0 radical (unpaired) electrons. The number of nitrogens with one attached hydrogen (secondary N) is 2. The van der Waals surface area contributed by atoms with E-state index in [0.29, 0.717) is 4.77 Å². The zero-order valence-electron chi connectivity index (χ0n) is 11.0. The molecule has 3 aromatic rings. The molecular weight excluding hydrogens is 268 g/mol. The van der Waals surface area contributed by atoms with E-state index in [1.165, 1.54) is 5.56 Å². The van der Waals surface area contributed by atoms with Crippen molar-refractivity contribution in [1.29, 1.82) is 0 Å². The summed E-state index contributed by atoms with van der Waals surface area (Å²) in [5, 5.41) is 7.12. The first-order chi connectivity index (χ1) is 9.74. The second-order valence-corrected chi connectivity index (χ2v) is 4.92. The molecule has 0 bridgehead atoms. The third-order valence-electron chi connectivity index (χ3n) is 3.00. The van der Waals surface area contributed by atoms with Gasteiger partial charge in [-0.25, -0.2) is 9.77 Å². The van der Waals surface area contributed by atoms with Crippen LogP contribution in [-0.2, 0) is 0 Å². The summed E-state index contributed by atoms with van der Waals surface area (Å²) in [6, 6.07) is 18.0. The van der Waals surface area contributed by atoms with E-state index >= 15 is 0 Å². The lowest BCUT2D eigenvalue weighted by Crippen LogP contribution is -2.10. The molecule has 1 aromatic heterocycles. The minimum absolute atomic E-state index is 0.532. The molecule has 0 saturated carbocycles. The van der Waals surface area contributed by atoms with Gasteiger partial charge in [-0.1, -0.05) is 48.0 Å². The van der Waals surface area contributed by atoms with Crippen molar-refractivity contribution in [3.63, 3.8) is 0 Å². The van der Waals surface area contributed by atoms with E-state index in [9.17, 15) is 0 Å². The van der Waals surface area contributed by atoms with Gasteiger partial charge in [0.25, 0.3) is 0 Å². The summed E-state index contributed by atoms with van der Waals surface area (Å²) in [7, 11) is 0. The van der Waals surface area contributed by atoms with Crippen LogP contribution in [0.3, 0.4) is 0 Å². The van der Waals surface area contributed by atoms with Crippen molar-refractivity contribution in [3.05, 3.63) is 64.9 Å². The highest BCUT2D eigenvalue weighted by Crippen LogP contribution is 2.18. The summed E-state index contributed by atoms with van der Waals surface area (Å²) in [4.78, 5) is 0. The van der Waals surface area contributed by atoms with Crippen LogP contribution >= 0.6 is 12.2 Å². The lowest BCUT2D eigenvalue weighted by molar-refractivity contribution is 0.942.